The van der Waals surface area contributed by atoms with Crippen molar-refractivity contribution < 1.29 is 17.3 Å². The molecule has 10 heavy (non-hydrogen) atoms. The van der Waals surface area contributed by atoms with Gasteiger partial charge in [-0.3, -0.25) is 0 Å². The number of rotatable bonds is 5. The van der Waals surface area contributed by atoms with Gasteiger partial charge in [0.2, 0.25) is 0 Å². The van der Waals surface area contributed by atoms with Crippen LogP contribution in [0.4, 0.5) is 0 Å². The van der Waals surface area contributed by atoms with Gasteiger partial charge in [-0.2, -0.15) is 0 Å². The van der Waals surface area contributed by atoms with Gasteiger partial charge in [0, 0.05) is 0 Å². The third kappa shape index (κ3) is 10.9. The van der Waals surface area contributed by atoms with E-state index >= 15 is 0 Å². The van der Waals surface area contributed by atoms with Crippen LogP contribution >= 0.6 is 0 Å². The minimum Gasteiger partial charge on any atom is -1.00 e. The maximum atomic E-state index is 3.67. The van der Waals surface area contributed by atoms with Crippen LogP contribution in [0.2, 0.25) is 0 Å². The Morgan fingerprint density at radius 2 is 1.90 bits per heavy atom. The molecule has 1 N–H and O–H groups in total. The molecule has 0 saturated heterocycles. The van der Waals surface area contributed by atoms with Gasteiger partial charge in [-0.05, 0) is 19.3 Å². The van der Waals surface area contributed by atoms with Crippen LogP contribution in [0, 0.1) is 0 Å². The van der Waals surface area contributed by atoms with Crippen LogP contribution in [0.15, 0.2) is 12.7 Å². The van der Waals surface area contributed by atoms with Crippen molar-refractivity contribution in [3.63, 3.8) is 0 Å². The lowest BCUT2D eigenvalue weighted by Gasteiger charge is -2.04. The van der Waals surface area contributed by atoms with Gasteiger partial charge in [-0.1, -0.05) is 6.08 Å². The van der Waals surface area contributed by atoms with Crippen molar-refractivity contribution in [2.45, 2.75) is 19.3 Å². The molecule has 2 heteroatoms. The molecule has 0 radical (unpaired) electrons. The number of unbranched alkanes of at least 4 members (excludes halogenated alkanes) is 2. The Kier molecular flexibility index (Phi) is 11.4. The molecule has 0 fully saturated rings. The van der Waals surface area contributed by atoms with Crippen molar-refractivity contribution in [1.29, 1.82) is 0 Å². The summed E-state index contributed by atoms with van der Waals surface area (Å²) in [6.45, 7) is 4.96. The number of hydrogen-bond donors (Lipinski definition) is 1. The molecule has 0 unspecified atom stereocenters. The Labute approximate surface area is 70.5 Å². The van der Waals surface area contributed by atoms with E-state index in [0.29, 0.717) is 0 Å². The molecule has 0 aliphatic heterocycles. The summed E-state index contributed by atoms with van der Waals surface area (Å²) in [6, 6.07) is 0. The largest absolute Gasteiger partial charge is 1.00 e. The Morgan fingerprint density at radius 1 is 1.30 bits per heavy atom. The fourth-order valence-electron chi connectivity index (χ4n) is 0.767. The van der Waals surface area contributed by atoms with E-state index in [-0.39, 0.29) is 12.4 Å². The normalized spacial score (nSPS) is 9.10. The quantitative estimate of drug-likeness (QED) is 0.338. The second-order valence-corrected chi connectivity index (χ2v) is 2.74. The minimum atomic E-state index is 0. The number of quaternary nitrogens is 1. The van der Waals surface area contributed by atoms with Crippen LogP contribution in [-0.2, 0) is 0 Å². The molecule has 0 saturated carbocycles. The number of nitrogens with one attached hydrogen (secondary N) is 1. The van der Waals surface area contributed by atoms with Crippen molar-refractivity contribution >= 4 is 0 Å². The van der Waals surface area contributed by atoms with E-state index in [4.69, 9.17) is 0 Å². The summed E-state index contributed by atoms with van der Waals surface area (Å²) in [5.41, 5.74) is 0. The summed E-state index contributed by atoms with van der Waals surface area (Å²) >= 11 is 0. The molecule has 1 nitrogen and oxygen atoms in total. The average molecular weight is 164 g/mol. The van der Waals surface area contributed by atoms with Crippen molar-refractivity contribution in [3.05, 3.63) is 12.7 Å². The van der Waals surface area contributed by atoms with Crippen molar-refractivity contribution in [3.8, 4) is 0 Å². The monoisotopic (exact) mass is 163 g/mol. The Morgan fingerprint density at radius 3 is 2.30 bits per heavy atom. The van der Waals surface area contributed by atoms with Crippen LogP contribution in [0.5, 0.6) is 0 Å². The molecule has 0 amide bonds. The lowest BCUT2D eigenvalue weighted by atomic mass is 10.2. The third-order valence-electron chi connectivity index (χ3n) is 1.34. The summed E-state index contributed by atoms with van der Waals surface area (Å²) in [5, 5.41) is 0. The third-order valence-corrected chi connectivity index (χ3v) is 1.34. The fourth-order valence-corrected chi connectivity index (χ4v) is 0.767. The second kappa shape index (κ2) is 8.99. The maximum absolute atomic E-state index is 3.67. The minimum absolute atomic E-state index is 0. The molecule has 0 heterocycles. The smallest absolute Gasteiger partial charge is 0.0766 e. The zero-order valence-electron chi connectivity index (χ0n) is 6.99. The molecule has 0 rings (SSSR count). The summed E-state index contributed by atoms with van der Waals surface area (Å²) in [6.07, 6.45) is 5.79. The number of halogens is 1. The summed E-state index contributed by atoms with van der Waals surface area (Å²) in [7, 11) is 4.38. The van der Waals surface area contributed by atoms with E-state index < -0.39 is 0 Å². The zero-order valence-corrected chi connectivity index (χ0v) is 7.75. The lowest BCUT2D eigenvalue weighted by molar-refractivity contribution is -0.858. The topological polar surface area (TPSA) is 4.44 Å². The van der Waals surface area contributed by atoms with Crippen LogP contribution in [0.25, 0.3) is 0 Å². The van der Waals surface area contributed by atoms with Crippen LogP contribution in [0.3, 0.4) is 0 Å². The van der Waals surface area contributed by atoms with Crippen molar-refractivity contribution in [2.75, 3.05) is 20.6 Å². The molecular formula is C8H18ClN. The van der Waals surface area contributed by atoms with Crippen molar-refractivity contribution in [2.24, 2.45) is 0 Å². The highest BCUT2D eigenvalue weighted by molar-refractivity contribution is 4.64. The van der Waals surface area contributed by atoms with Crippen LogP contribution in [-0.4, -0.2) is 20.6 Å². The van der Waals surface area contributed by atoms with Crippen molar-refractivity contribution in [1.82, 2.24) is 0 Å². The molecule has 0 spiro atoms. The second-order valence-electron chi connectivity index (χ2n) is 2.74. The van der Waals surface area contributed by atoms with Gasteiger partial charge in [-0.25, -0.2) is 0 Å². The Hall–Kier alpha value is -0.0100. The van der Waals surface area contributed by atoms with Gasteiger partial charge in [0.05, 0.1) is 20.6 Å². The van der Waals surface area contributed by atoms with Gasteiger partial charge in [-0.15, -0.1) is 6.58 Å². The average Bonchev–Trinajstić information content (AvgIpc) is 1.80. The molecule has 0 aromatic heterocycles. The summed E-state index contributed by atoms with van der Waals surface area (Å²) < 4.78 is 0. The van der Waals surface area contributed by atoms with E-state index in [0.717, 1.165) is 0 Å². The fraction of sp³-hybridized carbons (Fsp3) is 0.750. The standard InChI is InChI=1S/C8H17N.ClH/c1-4-5-6-7-8-9(2)3;/h4H,1,5-8H2,2-3H3;1H. The van der Waals surface area contributed by atoms with Gasteiger partial charge >= 0.3 is 0 Å². The summed E-state index contributed by atoms with van der Waals surface area (Å²) in [4.78, 5) is 1.54. The first-order chi connectivity index (χ1) is 4.27. The molecule has 0 atom stereocenters. The van der Waals surface area contributed by atoms with Crippen LogP contribution < -0.4 is 17.3 Å². The molecule has 62 valence electrons. The first-order valence-electron chi connectivity index (χ1n) is 3.67. The van der Waals surface area contributed by atoms with E-state index in [2.05, 4.69) is 20.7 Å². The molecule has 0 aliphatic carbocycles. The van der Waals surface area contributed by atoms with Gasteiger partial charge in [0.25, 0.3) is 0 Å². The summed E-state index contributed by atoms with van der Waals surface area (Å²) in [5.74, 6) is 0. The van der Waals surface area contributed by atoms with Gasteiger partial charge < -0.3 is 17.3 Å². The highest BCUT2D eigenvalue weighted by Crippen LogP contribution is 1.91. The number of hydrogen-bond acceptors (Lipinski definition) is 0. The molecule has 0 aromatic carbocycles. The first-order valence-corrected chi connectivity index (χ1v) is 3.67. The van der Waals surface area contributed by atoms with Gasteiger partial charge in [0.1, 0.15) is 0 Å². The first kappa shape index (κ1) is 12.6. The predicted molar refractivity (Wildman–Crippen MR) is 41.7 cm³/mol. The highest BCUT2D eigenvalue weighted by Gasteiger charge is 1.90. The molecule has 0 aromatic rings. The Balaban J connectivity index is 0. The van der Waals surface area contributed by atoms with E-state index in [1.54, 1.807) is 4.90 Å². The van der Waals surface area contributed by atoms with E-state index in [1.807, 2.05) is 6.08 Å². The van der Waals surface area contributed by atoms with E-state index in [9.17, 15) is 0 Å². The van der Waals surface area contributed by atoms with Crippen LogP contribution in [0.1, 0.15) is 19.3 Å². The maximum Gasteiger partial charge on any atom is 0.0766 e. The SMILES string of the molecule is C=CCCCC[NH+](C)C.[Cl-]. The molecule has 0 aliphatic rings. The number of allylic oxidation sites excluding steroid dienone is 1. The van der Waals surface area contributed by atoms with Gasteiger partial charge in [0.15, 0.2) is 0 Å². The lowest BCUT2D eigenvalue weighted by Crippen LogP contribution is -3.05. The zero-order chi connectivity index (χ0) is 7.11. The molecule has 0 bridgehead atoms. The predicted octanol–water partition coefficient (Wildman–Crippen LogP) is -2.51. The van der Waals surface area contributed by atoms with E-state index in [1.165, 1.54) is 25.8 Å². The molecular weight excluding hydrogens is 146 g/mol. The highest BCUT2D eigenvalue weighted by atomic mass is 35.5. The Bertz CT molecular complexity index is 71.7.